The van der Waals surface area contributed by atoms with Crippen LogP contribution in [0.3, 0.4) is 0 Å². The minimum Gasteiger partial charge on any atom is -0.473 e. The smallest absolute Gasteiger partial charge is 0.317 e. The van der Waals surface area contributed by atoms with Crippen molar-refractivity contribution in [2.45, 2.75) is 47.0 Å². The highest BCUT2D eigenvalue weighted by atomic mass is 16.5. The topological polar surface area (TPSA) is 53.6 Å². The van der Waals surface area contributed by atoms with E-state index in [0.29, 0.717) is 6.54 Å². The molecule has 0 spiro atoms. The van der Waals surface area contributed by atoms with Gasteiger partial charge in [-0.15, -0.1) is 0 Å². The molecule has 24 heavy (non-hydrogen) atoms. The summed E-state index contributed by atoms with van der Waals surface area (Å²) in [6.45, 7) is 16.4. The molecule has 1 aromatic rings. The highest BCUT2D eigenvalue weighted by Crippen LogP contribution is 2.31. The highest BCUT2D eigenvalue weighted by Gasteiger charge is 2.19. The number of urea groups is 1. The molecule has 0 radical (unpaired) electrons. The van der Waals surface area contributed by atoms with Crippen LogP contribution in [-0.4, -0.2) is 43.8 Å². The summed E-state index contributed by atoms with van der Waals surface area (Å²) < 4.78 is 5.78. The van der Waals surface area contributed by atoms with Crippen LogP contribution in [-0.2, 0) is 5.41 Å². The first-order valence-corrected chi connectivity index (χ1v) is 8.75. The summed E-state index contributed by atoms with van der Waals surface area (Å²) in [5.74, 6) is 0.816. The molecule has 5 heteroatoms. The predicted molar refractivity (Wildman–Crippen MR) is 99.7 cm³/mol. The zero-order chi connectivity index (χ0) is 18.2. The van der Waals surface area contributed by atoms with Crippen molar-refractivity contribution in [1.82, 2.24) is 15.5 Å². The SMILES string of the molecule is CCN(CC)CCNC(=O)NCOc1ccc(C)cc1C(C)(C)C. The summed E-state index contributed by atoms with van der Waals surface area (Å²) in [7, 11) is 0. The summed E-state index contributed by atoms with van der Waals surface area (Å²) in [5.41, 5.74) is 2.34. The molecule has 2 amide bonds. The number of likely N-dealkylation sites (N-methyl/N-ethyl adjacent to an activating group) is 1. The highest BCUT2D eigenvalue weighted by molar-refractivity contribution is 5.73. The summed E-state index contributed by atoms with van der Waals surface area (Å²) in [5, 5.41) is 5.59. The lowest BCUT2D eigenvalue weighted by Gasteiger charge is -2.23. The van der Waals surface area contributed by atoms with E-state index < -0.39 is 0 Å². The first-order chi connectivity index (χ1) is 11.3. The van der Waals surface area contributed by atoms with Gasteiger partial charge < -0.3 is 20.3 Å². The van der Waals surface area contributed by atoms with Gasteiger partial charge >= 0.3 is 6.03 Å². The van der Waals surface area contributed by atoms with E-state index in [9.17, 15) is 4.79 Å². The molecule has 0 fully saturated rings. The molecule has 0 aliphatic rings. The number of benzene rings is 1. The molecule has 0 aliphatic heterocycles. The van der Waals surface area contributed by atoms with Gasteiger partial charge in [0.2, 0.25) is 0 Å². The second-order valence-electron chi connectivity index (χ2n) is 7.00. The number of amides is 2. The molecule has 0 heterocycles. The fourth-order valence-corrected chi connectivity index (χ4v) is 2.47. The first kappa shape index (κ1) is 20.3. The van der Waals surface area contributed by atoms with Gasteiger partial charge in [0.25, 0.3) is 0 Å². The average Bonchev–Trinajstić information content (AvgIpc) is 2.52. The molecule has 0 saturated carbocycles. The van der Waals surface area contributed by atoms with Gasteiger partial charge in [-0.3, -0.25) is 0 Å². The second kappa shape index (κ2) is 9.52. The van der Waals surface area contributed by atoms with Crippen molar-refractivity contribution < 1.29 is 9.53 Å². The third-order valence-corrected chi connectivity index (χ3v) is 4.01. The van der Waals surface area contributed by atoms with Gasteiger partial charge in [0.05, 0.1) is 0 Å². The van der Waals surface area contributed by atoms with Crippen LogP contribution in [0.1, 0.15) is 45.7 Å². The molecule has 0 unspecified atom stereocenters. The lowest BCUT2D eigenvalue weighted by Crippen LogP contribution is -2.41. The summed E-state index contributed by atoms with van der Waals surface area (Å²) in [6, 6.07) is 5.93. The van der Waals surface area contributed by atoms with Gasteiger partial charge in [-0.25, -0.2) is 4.79 Å². The van der Waals surface area contributed by atoms with E-state index in [4.69, 9.17) is 4.74 Å². The number of rotatable bonds is 8. The Kier molecular flexibility index (Phi) is 8.05. The van der Waals surface area contributed by atoms with Gasteiger partial charge in [0.15, 0.2) is 6.73 Å². The van der Waals surface area contributed by atoms with Crippen LogP contribution in [0, 0.1) is 6.92 Å². The fraction of sp³-hybridized carbons (Fsp3) is 0.632. The van der Waals surface area contributed by atoms with Gasteiger partial charge in [0.1, 0.15) is 5.75 Å². The summed E-state index contributed by atoms with van der Waals surface area (Å²) in [6.07, 6.45) is 0. The minimum atomic E-state index is -0.202. The lowest BCUT2D eigenvalue weighted by atomic mass is 9.85. The van der Waals surface area contributed by atoms with Crippen LogP contribution < -0.4 is 15.4 Å². The van der Waals surface area contributed by atoms with E-state index in [1.54, 1.807) is 0 Å². The van der Waals surface area contributed by atoms with Gasteiger partial charge in [-0.1, -0.05) is 52.3 Å². The second-order valence-corrected chi connectivity index (χ2v) is 7.00. The molecule has 0 saturated heterocycles. The molecule has 2 N–H and O–H groups in total. The Labute approximate surface area is 146 Å². The van der Waals surface area contributed by atoms with E-state index in [1.807, 2.05) is 12.1 Å². The van der Waals surface area contributed by atoms with Crippen molar-refractivity contribution in [3.05, 3.63) is 29.3 Å². The largest absolute Gasteiger partial charge is 0.473 e. The molecule has 1 rings (SSSR count). The van der Waals surface area contributed by atoms with Crippen LogP contribution in [0.25, 0.3) is 0 Å². The van der Waals surface area contributed by atoms with Crippen molar-refractivity contribution in [3.8, 4) is 5.75 Å². The number of carbonyl (C=O) groups is 1. The Hall–Kier alpha value is -1.75. The van der Waals surface area contributed by atoms with Crippen molar-refractivity contribution >= 4 is 6.03 Å². The van der Waals surface area contributed by atoms with Gasteiger partial charge in [-0.05, 0) is 37.1 Å². The van der Waals surface area contributed by atoms with Crippen molar-refractivity contribution in [1.29, 1.82) is 0 Å². The quantitative estimate of drug-likeness (QED) is 0.717. The Balaban J connectivity index is 2.44. The minimum absolute atomic E-state index is 0.00657. The maximum absolute atomic E-state index is 11.8. The first-order valence-electron chi connectivity index (χ1n) is 8.75. The fourth-order valence-electron chi connectivity index (χ4n) is 2.47. The Bertz CT molecular complexity index is 520. The van der Waals surface area contributed by atoms with Crippen LogP contribution >= 0.6 is 0 Å². The van der Waals surface area contributed by atoms with Crippen molar-refractivity contribution in [2.24, 2.45) is 0 Å². The third-order valence-electron chi connectivity index (χ3n) is 4.01. The maximum Gasteiger partial charge on any atom is 0.317 e. The monoisotopic (exact) mass is 335 g/mol. The number of hydrogen-bond acceptors (Lipinski definition) is 3. The number of aryl methyl sites for hydroxylation is 1. The van der Waals surface area contributed by atoms with Crippen LogP contribution in [0.5, 0.6) is 5.75 Å². The van der Waals surface area contributed by atoms with Gasteiger partial charge in [-0.2, -0.15) is 0 Å². The zero-order valence-electron chi connectivity index (χ0n) is 16.0. The van der Waals surface area contributed by atoms with E-state index >= 15 is 0 Å². The van der Waals surface area contributed by atoms with E-state index in [-0.39, 0.29) is 18.2 Å². The average molecular weight is 335 g/mol. The molecule has 1 aromatic carbocycles. The van der Waals surface area contributed by atoms with E-state index in [2.05, 4.69) is 63.1 Å². The van der Waals surface area contributed by atoms with Crippen molar-refractivity contribution in [3.63, 3.8) is 0 Å². The normalized spacial score (nSPS) is 11.5. The van der Waals surface area contributed by atoms with Crippen LogP contribution in [0.4, 0.5) is 4.79 Å². The van der Waals surface area contributed by atoms with E-state index in [0.717, 1.165) is 30.9 Å². The molecular formula is C19H33N3O2. The number of carbonyl (C=O) groups excluding carboxylic acids is 1. The third kappa shape index (κ3) is 6.79. The van der Waals surface area contributed by atoms with Crippen LogP contribution in [0.2, 0.25) is 0 Å². The molecule has 0 aromatic heterocycles. The molecule has 0 atom stereocenters. The Morgan fingerprint density at radius 1 is 1.17 bits per heavy atom. The maximum atomic E-state index is 11.8. The predicted octanol–water partition coefficient (Wildman–Crippen LogP) is 3.27. The molecule has 0 aliphatic carbocycles. The molecule has 0 bridgehead atoms. The summed E-state index contributed by atoms with van der Waals surface area (Å²) in [4.78, 5) is 14.1. The van der Waals surface area contributed by atoms with E-state index in [1.165, 1.54) is 5.56 Å². The van der Waals surface area contributed by atoms with Crippen LogP contribution in [0.15, 0.2) is 18.2 Å². The standard InChI is InChI=1S/C19H33N3O2/c1-7-22(8-2)12-11-20-18(23)21-14-24-17-10-9-15(3)13-16(17)19(4,5)6/h9-10,13H,7-8,11-12,14H2,1-6H3,(H2,20,21,23). The Morgan fingerprint density at radius 3 is 2.42 bits per heavy atom. The Morgan fingerprint density at radius 2 is 1.83 bits per heavy atom. The number of hydrogen-bond donors (Lipinski definition) is 2. The van der Waals surface area contributed by atoms with Crippen molar-refractivity contribution in [2.75, 3.05) is 32.9 Å². The lowest BCUT2D eigenvalue weighted by molar-refractivity contribution is 0.220. The number of nitrogens with zero attached hydrogens (tertiary/aromatic N) is 1. The van der Waals surface area contributed by atoms with Gasteiger partial charge in [0, 0.05) is 13.1 Å². The molecule has 5 nitrogen and oxygen atoms in total. The summed E-state index contributed by atoms with van der Waals surface area (Å²) >= 11 is 0. The number of nitrogens with one attached hydrogen (secondary N) is 2. The molecular weight excluding hydrogens is 302 g/mol. The molecule has 136 valence electrons. The zero-order valence-corrected chi connectivity index (χ0v) is 16.0. The number of ether oxygens (including phenoxy) is 1.